The third-order valence-electron chi connectivity index (χ3n) is 7.51. The van der Waals surface area contributed by atoms with Gasteiger partial charge in [-0.05, 0) is 87.1 Å². The molecular formula is C34H46N2O8. The van der Waals surface area contributed by atoms with Gasteiger partial charge in [0.25, 0.3) is 11.8 Å². The molecule has 0 radical (unpaired) electrons. The van der Waals surface area contributed by atoms with Gasteiger partial charge in [-0.2, -0.15) is 0 Å². The standard InChI is InChI=1S/2C16H19NO4.2CH4/c2*1-10-8-12(9-14(20-3)11(10)2)15(18)17-7-5-6-13(17)16(19)21-4;;/h2*5,7-9,13H,6H2,1-4H3;2*1H4/t2*13-;;/m00../s1. The first-order chi connectivity index (χ1) is 20.0. The molecule has 2 aromatic rings. The molecule has 2 aliphatic rings. The molecule has 2 heterocycles. The number of methoxy groups -OCH3 is 4. The van der Waals surface area contributed by atoms with Crippen LogP contribution in [0.4, 0.5) is 0 Å². The van der Waals surface area contributed by atoms with Gasteiger partial charge in [0.15, 0.2) is 0 Å². The monoisotopic (exact) mass is 610 g/mol. The topological polar surface area (TPSA) is 112 Å². The molecule has 2 aliphatic heterocycles. The van der Waals surface area contributed by atoms with Crippen molar-refractivity contribution in [3.63, 3.8) is 0 Å². The maximum Gasteiger partial charge on any atom is 0.329 e. The lowest BCUT2D eigenvalue weighted by Crippen LogP contribution is -2.39. The Hall–Kier alpha value is -4.60. The Bertz CT molecular complexity index is 1320. The van der Waals surface area contributed by atoms with Crippen molar-refractivity contribution in [1.82, 2.24) is 9.80 Å². The molecule has 0 fully saturated rings. The van der Waals surface area contributed by atoms with Crippen molar-refractivity contribution in [1.29, 1.82) is 0 Å². The molecule has 0 N–H and O–H groups in total. The summed E-state index contributed by atoms with van der Waals surface area (Å²) in [5.41, 5.74) is 4.92. The van der Waals surface area contributed by atoms with E-state index in [4.69, 9.17) is 18.9 Å². The molecule has 2 atom stereocenters. The molecule has 10 heteroatoms. The lowest BCUT2D eigenvalue weighted by atomic mass is 10.0. The summed E-state index contributed by atoms with van der Waals surface area (Å²) in [6.45, 7) is 7.73. The van der Waals surface area contributed by atoms with E-state index in [1.807, 2.05) is 27.7 Å². The second-order valence-electron chi connectivity index (χ2n) is 9.98. The van der Waals surface area contributed by atoms with E-state index in [-0.39, 0.29) is 26.7 Å². The number of nitrogens with zero attached hydrogens (tertiary/aromatic N) is 2. The van der Waals surface area contributed by atoms with Crippen molar-refractivity contribution in [2.75, 3.05) is 28.4 Å². The van der Waals surface area contributed by atoms with Gasteiger partial charge in [0.05, 0.1) is 28.4 Å². The molecule has 2 aromatic carbocycles. The van der Waals surface area contributed by atoms with Crippen molar-refractivity contribution >= 4 is 23.8 Å². The number of carbonyl (C=O) groups is 4. The average molecular weight is 611 g/mol. The molecule has 240 valence electrons. The van der Waals surface area contributed by atoms with Gasteiger partial charge >= 0.3 is 11.9 Å². The maximum absolute atomic E-state index is 12.6. The van der Waals surface area contributed by atoms with Gasteiger partial charge in [0.2, 0.25) is 0 Å². The van der Waals surface area contributed by atoms with E-state index in [0.29, 0.717) is 35.5 Å². The van der Waals surface area contributed by atoms with Crippen LogP contribution in [0.25, 0.3) is 0 Å². The summed E-state index contributed by atoms with van der Waals surface area (Å²) in [6.07, 6.45) is 7.79. The molecule has 0 saturated carbocycles. The lowest BCUT2D eigenvalue weighted by molar-refractivity contribution is -0.145. The third-order valence-corrected chi connectivity index (χ3v) is 7.51. The number of hydrogen-bond donors (Lipinski definition) is 0. The second-order valence-corrected chi connectivity index (χ2v) is 9.98. The van der Waals surface area contributed by atoms with Crippen LogP contribution < -0.4 is 9.47 Å². The zero-order chi connectivity index (χ0) is 31.1. The quantitative estimate of drug-likeness (QED) is 0.383. The molecule has 0 spiro atoms. The predicted octanol–water partition coefficient (Wildman–Crippen LogP) is 5.70. The fraction of sp³-hybridized carbons (Fsp3) is 0.412. The average Bonchev–Trinajstić information content (AvgIpc) is 3.69. The molecule has 0 aliphatic carbocycles. The van der Waals surface area contributed by atoms with Crippen molar-refractivity contribution in [3.05, 3.63) is 82.2 Å². The van der Waals surface area contributed by atoms with Crippen LogP contribution in [0.2, 0.25) is 0 Å². The summed E-state index contributed by atoms with van der Waals surface area (Å²) in [6, 6.07) is 5.84. The molecule has 10 nitrogen and oxygen atoms in total. The first-order valence-electron chi connectivity index (χ1n) is 13.4. The van der Waals surface area contributed by atoms with Gasteiger partial charge in [-0.1, -0.05) is 27.0 Å². The van der Waals surface area contributed by atoms with Crippen LogP contribution in [-0.2, 0) is 19.1 Å². The highest BCUT2D eigenvalue weighted by atomic mass is 16.5. The van der Waals surface area contributed by atoms with Crippen LogP contribution >= 0.6 is 0 Å². The number of rotatable bonds is 6. The van der Waals surface area contributed by atoms with E-state index in [2.05, 4.69) is 0 Å². The Labute approximate surface area is 261 Å². The van der Waals surface area contributed by atoms with Crippen LogP contribution in [0.15, 0.2) is 48.8 Å². The van der Waals surface area contributed by atoms with E-state index in [1.165, 1.54) is 24.0 Å². The van der Waals surface area contributed by atoms with Gasteiger partial charge in [0, 0.05) is 23.5 Å². The molecule has 44 heavy (non-hydrogen) atoms. The van der Waals surface area contributed by atoms with Crippen LogP contribution in [0.1, 0.15) is 70.7 Å². The van der Waals surface area contributed by atoms with Gasteiger partial charge < -0.3 is 28.7 Å². The van der Waals surface area contributed by atoms with E-state index >= 15 is 0 Å². The maximum atomic E-state index is 12.6. The van der Waals surface area contributed by atoms with Gasteiger partial charge in [-0.3, -0.25) is 9.59 Å². The van der Waals surface area contributed by atoms with Crippen molar-refractivity contribution in [3.8, 4) is 11.5 Å². The van der Waals surface area contributed by atoms with E-state index in [1.54, 1.807) is 63.0 Å². The van der Waals surface area contributed by atoms with E-state index < -0.39 is 24.0 Å². The van der Waals surface area contributed by atoms with Gasteiger partial charge in [0.1, 0.15) is 23.6 Å². The summed E-state index contributed by atoms with van der Waals surface area (Å²) in [4.78, 5) is 51.5. The summed E-state index contributed by atoms with van der Waals surface area (Å²) >= 11 is 0. The summed E-state index contributed by atoms with van der Waals surface area (Å²) in [5.74, 6) is 0.0293. The Morgan fingerprint density at radius 1 is 0.614 bits per heavy atom. The van der Waals surface area contributed by atoms with Crippen LogP contribution in [-0.4, -0.2) is 74.1 Å². The van der Waals surface area contributed by atoms with E-state index in [0.717, 1.165) is 22.3 Å². The highest BCUT2D eigenvalue weighted by Gasteiger charge is 2.33. The normalized spacial score (nSPS) is 16.2. The minimum Gasteiger partial charge on any atom is -0.496 e. The molecular weight excluding hydrogens is 564 g/mol. The summed E-state index contributed by atoms with van der Waals surface area (Å²) in [5, 5.41) is 0. The molecule has 0 aromatic heterocycles. The highest BCUT2D eigenvalue weighted by Crippen LogP contribution is 2.28. The van der Waals surface area contributed by atoms with Gasteiger partial charge in [-0.15, -0.1) is 0 Å². The number of esters is 2. The summed E-state index contributed by atoms with van der Waals surface area (Å²) in [7, 11) is 5.79. The summed E-state index contributed by atoms with van der Waals surface area (Å²) < 4.78 is 20.1. The van der Waals surface area contributed by atoms with Crippen molar-refractivity contribution in [2.45, 2.75) is 67.5 Å². The number of benzene rings is 2. The smallest absolute Gasteiger partial charge is 0.329 e. The van der Waals surface area contributed by atoms with Crippen molar-refractivity contribution in [2.24, 2.45) is 0 Å². The fourth-order valence-corrected chi connectivity index (χ4v) is 4.77. The third kappa shape index (κ3) is 7.86. The zero-order valence-corrected chi connectivity index (χ0v) is 25.3. The number of hydrogen-bond acceptors (Lipinski definition) is 8. The minimum atomic E-state index is -0.588. The Morgan fingerprint density at radius 3 is 1.25 bits per heavy atom. The van der Waals surface area contributed by atoms with Gasteiger partial charge in [-0.25, -0.2) is 9.59 Å². The highest BCUT2D eigenvalue weighted by molar-refractivity contribution is 5.99. The van der Waals surface area contributed by atoms with Crippen LogP contribution in [0.5, 0.6) is 11.5 Å². The second kappa shape index (κ2) is 16.3. The van der Waals surface area contributed by atoms with Crippen molar-refractivity contribution < 1.29 is 38.1 Å². The number of amides is 2. The molecule has 0 bridgehead atoms. The first-order valence-corrected chi connectivity index (χ1v) is 13.4. The Kier molecular flexibility index (Phi) is 13.9. The number of carbonyl (C=O) groups excluding carboxylic acids is 4. The lowest BCUT2D eigenvalue weighted by Gasteiger charge is -2.22. The predicted molar refractivity (Wildman–Crippen MR) is 170 cm³/mol. The zero-order valence-electron chi connectivity index (χ0n) is 25.3. The largest absolute Gasteiger partial charge is 0.496 e. The Balaban J connectivity index is 0.000000421. The SMILES string of the molecule is C.C.COC(=O)[C@@H]1CC=CN1C(=O)c1cc(C)c(C)c(OC)c1.COC(=O)[C@@H]1CC=CN1C(=O)c1cc(C)c(C)c(OC)c1. The number of aryl methyl sites for hydroxylation is 2. The molecule has 0 saturated heterocycles. The van der Waals surface area contributed by atoms with Crippen LogP contribution in [0.3, 0.4) is 0 Å². The van der Waals surface area contributed by atoms with E-state index in [9.17, 15) is 19.2 Å². The fourth-order valence-electron chi connectivity index (χ4n) is 4.77. The molecule has 4 rings (SSSR count). The minimum absolute atomic E-state index is 0. The first kappa shape index (κ1) is 37.4. The molecule has 2 amide bonds. The number of ether oxygens (including phenoxy) is 4. The molecule has 0 unspecified atom stereocenters. The van der Waals surface area contributed by atoms with Crippen LogP contribution in [0, 0.1) is 27.7 Å². The Morgan fingerprint density at radius 2 is 0.955 bits per heavy atom.